The van der Waals surface area contributed by atoms with Gasteiger partial charge in [0.2, 0.25) is 0 Å². The van der Waals surface area contributed by atoms with Crippen LogP contribution in [0.4, 0.5) is 0 Å². The molecule has 53 valence electrons. The van der Waals surface area contributed by atoms with Crippen LogP contribution >= 0.6 is 11.6 Å². The summed E-state index contributed by atoms with van der Waals surface area (Å²) in [5.41, 5.74) is 1.25. The summed E-state index contributed by atoms with van der Waals surface area (Å²) >= 11 is 5.52. The summed E-state index contributed by atoms with van der Waals surface area (Å²) < 4.78 is 0. The van der Waals surface area contributed by atoms with E-state index in [0.29, 0.717) is 5.88 Å². The lowest BCUT2D eigenvalue weighted by atomic mass is 10.1. The molecule has 0 N–H and O–H groups in total. The van der Waals surface area contributed by atoms with Gasteiger partial charge in [0.1, 0.15) is 0 Å². The minimum Gasteiger partial charge on any atom is -0.127 e. The van der Waals surface area contributed by atoms with E-state index in [0.717, 1.165) is 6.42 Å². The molecule has 1 heteroatoms. The Balaban J connectivity index is 2.43. The molecule has 10 heavy (non-hydrogen) atoms. The Labute approximate surface area is 66.8 Å². The molecule has 0 unspecified atom stereocenters. The molecule has 0 nitrogen and oxygen atoms in total. The largest absolute Gasteiger partial charge is 0.127 e. The topological polar surface area (TPSA) is 0 Å². The third-order valence-electron chi connectivity index (χ3n) is 1.29. The van der Waals surface area contributed by atoms with Crippen molar-refractivity contribution >= 4 is 11.6 Å². The zero-order valence-corrected chi connectivity index (χ0v) is 6.51. The van der Waals surface area contributed by atoms with Crippen molar-refractivity contribution < 1.29 is 0 Å². The normalized spacial score (nSPS) is 9.70. The van der Waals surface area contributed by atoms with Gasteiger partial charge in [0.05, 0.1) is 0 Å². The SMILES string of the molecule is ClCC[CH]c1ccccc1. The number of hydrogen-bond donors (Lipinski definition) is 0. The minimum absolute atomic E-state index is 0.703. The average Bonchev–Trinajstić information content (AvgIpc) is 2.03. The lowest BCUT2D eigenvalue weighted by Crippen LogP contribution is -1.80. The summed E-state index contributed by atoms with van der Waals surface area (Å²) in [7, 11) is 0. The monoisotopic (exact) mass is 153 g/mol. The molecule has 1 rings (SSSR count). The molecule has 0 bridgehead atoms. The van der Waals surface area contributed by atoms with Crippen molar-refractivity contribution in [1.82, 2.24) is 0 Å². The Kier molecular flexibility index (Phi) is 3.31. The van der Waals surface area contributed by atoms with Crippen LogP contribution < -0.4 is 0 Å². The molecule has 0 aliphatic heterocycles. The van der Waals surface area contributed by atoms with Gasteiger partial charge >= 0.3 is 0 Å². The summed E-state index contributed by atoms with van der Waals surface area (Å²) in [6, 6.07) is 10.2. The number of rotatable bonds is 3. The van der Waals surface area contributed by atoms with Crippen LogP contribution in [0.5, 0.6) is 0 Å². The number of alkyl halides is 1. The molecule has 1 aromatic carbocycles. The molecule has 0 amide bonds. The van der Waals surface area contributed by atoms with Gasteiger partial charge in [0.25, 0.3) is 0 Å². The summed E-state index contributed by atoms with van der Waals surface area (Å²) in [6.45, 7) is 0. The first-order valence-electron chi connectivity index (χ1n) is 3.37. The van der Waals surface area contributed by atoms with Crippen LogP contribution in [0.15, 0.2) is 30.3 Å². The highest BCUT2D eigenvalue weighted by molar-refractivity contribution is 6.17. The molecular formula is C9H10Cl. The van der Waals surface area contributed by atoms with Gasteiger partial charge in [-0.2, -0.15) is 0 Å². The van der Waals surface area contributed by atoms with Gasteiger partial charge in [0, 0.05) is 5.88 Å². The van der Waals surface area contributed by atoms with Gasteiger partial charge in [-0.05, 0) is 18.4 Å². The Hall–Kier alpha value is -0.490. The van der Waals surface area contributed by atoms with E-state index < -0.39 is 0 Å². The van der Waals surface area contributed by atoms with Gasteiger partial charge in [-0.3, -0.25) is 0 Å². The fraction of sp³-hybridized carbons (Fsp3) is 0.222. The maximum Gasteiger partial charge on any atom is 0.0229 e. The van der Waals surface area contributed by atoms with Gasteiger partial charge in [-0.15, -0.1) is 11.6 Å². The van der Waals surface area contributed by atoms with E-state index in [1.807, 2.05) is 18.2 Å². The minimum atomic E-state index is 0.703. The first-order valence-corrected chi connectivity index (χ1v) is 3.91. The van der Waals surface area contributed by atoms with Crippen molar-refractivity contribution in [2.45, 2.75) is 6.42 Å². The van der Waals surface area contributed by atoms with E-state index in [-0.39, 0.29) is 0 Å². The van der Waals surface area contributed by atoms with Crippen molar-refractivity contribution in [3.63, 3.8) is 0 Å². The van der Waals surface area contributed by atoms with Crippen molar-refractivity contribution in [3.05, 3.63) is 42.3 Å². The third-order valence-corrected chi connectivity index (χ3v) is 1.51. The molecule has 0 spiro atoms. The van der Waals surface area contributed by atoms with Crippen LogP contribution in [0, 0.1) is 6.42 Å². The summed E-state index contributed by atoms with van der Waals surface area (Å²) in [5, 5.41) is 0. The fourth-order valence-electron chi connectivity index (χ4n) is 0.810. The number of hydrogen-bond acceptors (Lipinski definition) is 0. The van der Waals surface area contributed by atoms with E-state index in [9.17, 15) is 0 Å². The van der Waals surface area contributed by atoms with Crippen molar-refractivity contribution in [3.8, 4) is 0 Å². The first kappa shape index (κ1) is 7.62. The molecule has 0 saturated heterocycles. The zero-order valence-electron chi connectivity index (χ0n) is 5.76. The Morgan fingerprint density at radius 3 is 2.50 bits per heavy atom. The Morgan fingerprint density at radius 1 is 1.20 bits per heavy atom. The molecule has 1 aromatic rings. The van der Waals surface area contributed by atoms with Crippen molar-refractivity contribution in [2.75, 3.05) is 5.88 Å². The van der Waals surface area contributed by atoms with E-state index >= 15 is 0 Å². The average molecular weight is 154 g/mol. The van der Waals surface area contributed by atoms with Crippen LogP contribution in [-0.2, 0) is 0 Å². The molecule has 1 radical (unpaired) electrons. The molecule has 0 fully saturated rings. The highest BCUT2D eigenvalue weighted by Gasteiger charge is 1.88. The van der Waals surface area contributed by atoms with Crippen LogP contribution in [0.25, 0.3) is 0 Å². The molecule has 0 aliphatic rings. The van der Waals surface area contributed by atoms with Crippen molar-refractivity contribution in [2.24, 2.45) is 0 Å². The zero-order chi connectivity index (χ0) is 7.23. The summed E-state index contributed by atoms with van der Waals surface area (Å²) in [5.74, 6) is 0.703. The fourth-order valence-corrected chi connectivity index (χ4v) is 0.919. The third kappa shape index (κ3) is 2.40. The molecular weight excluding hydrogens is 144 g/mol. The highest BCUT2D eigenvalue weighted by atomic mass is 35.5. The first-order chi connectivity index (χ1) is 4.93. The van der Waals surface area contributed by atoms with E-state index in [4.69, 9.17) is 11.6 Å². The molecule has 0 heterocycles. The maximum atomic E-state index is 5.52. The van der Waals surface area contributed by atoms with Crippen molar-refractivity contribution in [1.29, 1.82) is 0 Å². The second-order valence-corrected chi connectivity index (χ2v) is 2.47. The maximum absolute atomic E-state index is 5.52. The van der Waals surface area contributed by atoms with Gasteiger partial charge < -0.3 is 0 Å². The van der Waals surface area contributed by atoms with Crippen LogP contribution in [0.3, 0.4) is 0 Å². The number of halogens is 1. The predicted molar refractivity (Wildman–Crippen MR) is 45.2 cm³/mol. The molecule has 0 saturated carbocycles. The van der Waals surface area contributed by atoms with E-state index in [2.05, 4.69) is 18.6 Å². The molecule has 0 aliphatic carbocycles. The second-order valence-electron chi connectivity index (χ2n) is 2.09. The Morgan fingerprint density at radius 2 is 1.90 bits per heavy atom. The van der Waals surface area contributed by atoms with Gasteiger partial charge in [0.15, 0.2) is 0 Å². The Bertz CT molecular complexity index is 169. The highest BCUT2D eigenvalue weighted by Crippen LogP contribution is 2.04. The second kappa shape index (κ2) is 4.35. The summed E-state index contributed by atoms with van der Waals surface area (Å²) in [4.78, 5) is 0. The van der Waals surface area contributed by atoms with E-state index in [1.54, 1.807) is 0 Å². The molecule has 0 atom stereocenters. The van der Waals surface area contributed by atoms with Crippen LogP contribution in [-0.4, -0.2) is 5.88 Å². The number of benzene rings is 1. The lowest BCUT2D eigenvalue weighted by molar-refractivity contribution is 1.13. The molecule has 0 aromatic heterocycles. The smallest absolute Gasteiger partial charge is 0.0229 e. The predicted octanol–water partition coefficient (Wildman–Crippen LogP) is 2.87. The lowest BCUT2D eigenvalue weighted by Gasteiger charge is -1.95. The van der Waals surface area contributed by atoms with E-state index in [1.165, 1.54) is 5.56 Å². The van der Waals surface area contributed by atoms with Crippen LogP contribution in [0.1, 0.15) is 12.0 Å². The van der Waals surface area contributed by atoms with Gasteiger partial charge in [-0.25, -0.2) is 0 Å². The quantitative estimate of drug-likeness (QED) is 0.586. The van der Waals surface area contributed by atoms with Gasteiger partial charge in [-0.1, -0.05) is 30.3 Å². The standard InChI is InChI=1S/C9H10Cl/c10-8-4-7-9-5-2-1-3-6-9/h1-3,5-7H,4,8H2. The van der Waals surface area contributed by atoms with Crippen LogP contribution in [0.2, 0.25) is 0 Å². The summed E-state index contributed by atoms with van der Waals surface area (Å²) in [6.07, 6.45) is 3.08.